The molecule has 0 atom stereocenters. The predicted molar refractivity (Wildman–Crippen MR) is 63.5 cm³/mol. The lowest BCUT2D eigenvalue weighted by Crippen LogP contribution is -2.14. The first kappa shape index (κ1) is 12.1. The highest BCUT2D eigenvalue weighted by Crippen LogP contribution is 2.11. The van der Waals surface area contributed by atoms with Gasteiger partial charge >= 0.3 is 6.01 Å². The number of ether oxygens (including phenoxy) is 1. The lowest BCUT2D eigenvalue weighted by molar-refractivity contribution is 0.102. The quantitative estimate of drug-likeness (QED) is 0.816. The maximum Gasteiger partial charge on any atom is 0.336 e. The molecule has 96 valence electrons. The number of nitrogens with zero attached hydrogens (tertiary/aromatic N) is 4. The summed E-state index contributed by atoms with van der Waals surface area (Å²) in [6.45, 7) is 1.94. The van der Waals surface area contributed by atoms with Gasteiger partial charge in [-0.3, -0.25) is 14.8 Å². The highest BCUT2D eigenvalue weighted by Gasteiger charge is 2.16. The number of carbonyl (C=O) groups is 1. The molecule has 0 aliphatic carbocycles. The van der Waals surface area contributed by atoms with Crippen molar-refractivity contribution < 1.29 is 9.53 Å². The van der Waals surface area contributed by atoms with Crippen LogP contribution < -0.4 is 10.1 Å². The van der Waals surface area contributed by atoms with E-state index < -0.39 is 0 Å². The topological polar surface area (TPSA) is 97.7 Å². The third kappa shape index (κ3) is 2.31. The van der Waals surface area contributed by atoms with Crippen LogP contribution in [0.25, 0.3) is 0 Å². The Labute approximate surface area is 103 Å². The largest absolute Gasteiger partial charge is 0.466 e. The standard InChI is InChI=1S/C10H14N6O2/c1-4-7-6(5-16(2)15-7)8(17)11-9-12-10(18-3)14-13-9/h5H,4H2,1-3H3,(H2,11,12,13,14,17). The average Bonchev–Trinajstić information content (AvgIpc) is 2.95. The Kier molecular flexibility index (Phi) is 3.26. The maximum atomic E-state index is 12.0. The van der Waals surface area contributed by atoms with Crippen molar-refractivity contribution in [1.82, 2.24) is 25.0 Å². The molecule has 0 unspecified atom stereocenters. The minimum absolute atomic E-state index is 0.173. The van der Waals surface area contributed by atoms with Crippen LogP contribution in [0, 0.1) is 0 Å². The van der Waals surface area contributed by atoms with E-state index in [1.807, 2.05) is 6.92 Å². The van der Waals surface area contributed by atoms with E-state index in [2.05, 4.69) is 25.6 Å². The molecule has 0 fully saturated rings. The number of carbonyl (C=O) groups excluding carboxylic acids is 1. The van der Waals surface area contributed by atoms with Crippen LogP contribution in [0.5, 0.6) is 6.01 Å². The SMILES string of the molecule is CCc1nn(C)cc1C(=O)Nc1nc(OC)n[nH]1. The number of aromatic amines is 1. The lowest BCUT2D eigenvalue weighted by Gasteiger charge is -1.99. The first-order chi connectivity index (χ1) is 8.63. The molecule has 0 bridgehead atoms. The van der Waals surface area contributed by atoms with Crippen molar-refractivity contribution in [2.24, 2.45) is 7.05 Å². The number of anilines is 1. The number of rotatable bonds is 4. The van der Waals surface area contributed by atoms with Crippen LogP contribution in [-0.4, -0.2) is 38.0 Å². The second-order valence-electron chi connectivity index (χ2n) is 3.64. The Morgan fingerprint density at radius 2 is 2.39 bits per heavy atom. The monoisotopic (exact) mass is 250 g/mol. The molecule has 2 aromatic rings. The van der Waals surface area contributed by atoms with Gasteiger partial charge in [-0.15, -0.1) is 5.10 Å². The summed E-state index contributed by atoms with van der Waals surface area (Å²) in [6, 6.07) is 0.173. The van der Waals surface area contributed by atoms with Gasteiger partial charge in [0.05, 0.1) is 18.4 Å². The summed E-state index contributed by atoms with van der Waals surface area (Å²) in [4.78, 5) is 15.9. The molecular formula is C10H14N6O2. The molecule has 0 aliphatic heterocycles. The predicted octanol–water partition coefficient (Wildman–Crippen LogP) is 0.361. The van der Waals surface area contributed by atoms with Crippen molar-refractivity contribution in [3.63, 3.8) is 0 Å². The highest BCUT2D eigenvalue weighted by atomic mass is 16.5. The van der Waals surface area contributed by atoms with Gasteiger partial charge in [0.25, 0.3) is 5.91 Å². The molecule has 2 aromatic heterocycles. The number of amides is 1. The van der Waals surface area contributed by atoms with E-state index in [4.69, 9.17) is 4.74 Å². The summed E-state index contributed by atoms with van der Waals surface area (Å²) >= 11 is 0. The Bertz CT molecular complexity index is 558. The molecule has 0 saturated heterocycles. The van der Waals surface area contributed by atoms with Gasteiger partial charge in [0, 0.05) is 13.2 Å². The maximum absolute atomic E-state index is 12.0. The third-order valence-corrected chi connectivity index (χ3v) is 2.36. The second kappa shape index (κ2) is 4.86. The van der Waals surface area contributed by atoms with E-state index in [0.29, 0.717) is 12.0 Å². The van der Waals surface area contributed by atoms with Gasteiger partial charge in [-0.2, -0.15) is 10.1 Å². The van der Waals surface area contributed by atoms with Crippen molar-refractivity contribution in [2.45, 2.75) is 13.3 Å². The second-order valence-corrected chi connectivity index (χ2v) is 3.64. The van der Waals surface area contributed by atoms with E-state index in [1.165, 1.54) is 7.11 Å². The van der Waals surface area contributed by atoms with Gasteiger partial charge in [0.1, 0.15) is 0 Å². The van der Waals surface area contributed by atoms with Crippen LogP contribution in [0.2, 0.25) is 0 Å². The summed E-state index contributed by atoms with van der Waals surface area (Å²) in [5, 5.41) is 13.1. The minimum atomic E-state index is -0.279. The molecule has 8 nitrogen and oxygen atoms in total. The summed E-state index contributed by atoms with van der Waals surface area (Å²) < 4.78 is 6.42. The van der Waals surface area contributed by atoms with E-state index in [0.717, 1.165) is 5.69 Å². The molecule has 0 spiro atoms. The highest BCUT2D eigenvalue weighted by molar-refractivity contribution is 6.04. The zero-order chi connectivity index (χ0) is 13.1. The number of nitrogens with one attached hydrogen (secondary N) is 2. The summed E-state index contributed by atoms with van der Waals surface area (Å²) in [7, 11) is 3.22. The van der Waals surface area contributed by atoms with Crippen LogP contribution in [0.4, 0.5) is 5.95 Å². The Balaban J connectivity index is 2.16. The number of hydrogen-bond donors (Lipinski definition) is 2. The number of H-pyrrole nitrogens is 1. The van der Waals surface area contributed by atoms with Gasteiger partial charge in [-0.05, 0) is 6.42 Å². The van der Waals surface area contributed by atoms with Crippen LogP contribution in [0.1, 0.15) is 23.0 Å². The van der Waals surface area contributed by atoms with Crippen LogP contribution in [0.15, 0.2) is 6.20 Å². The van der Waals surface area contributed by atoms with Gasteiger partial charge in [0.15, 0.2) is 0 Å². The number of aromatic nitrogens is 5. The minimum Gasteiger partial charge on any atom is -0.466 e. The molecule has 0 saturated carbocycles. The van der Waals surface area contributed by atoms with E-state index in [1.54, 1.807) is 17.9 Å². The molecule has 8 heteroatoms. The van der Waals surface area contributed by atoms with Crippen LogP contribution in [-0.2, 0) is 13.5 Å². The summed E-state index contributed by atoms with van der Waals surface area (Å²) in [5.74, 6) is -0.0403. The molecule has 2 heterocycles. The van der Waals surface area contributed by atoms with Crippen LogP contribution >= 0.6 is 0 Å². The molecule has 2 rings (SSSR count). The molecular weight excluding hydrogens is 236 g/mol. The summed E-state index contributed by atoms with van der Waals surface area (Å²) in [6.07, 6.45) is 2.35. The Morgan fingerprint density at radius 3 is 3.00 bits per heavy atom. The van der Waals surface area contributed by atoms with E-state index in [-0.39, 0.29) is 17.9 Å². The van der Waals surface area contributed by atoms with Gasteiger partial charge in [0.2, 0.25) is 5.95 Å². The molecule has 0 aliphatic rings. The Morgan fingerprint density at radius 1 is 1.61 bits per heavy atom. The molecule has 0 radical (unpaired) electrons. The average molecular weight is 250 g/mol. The van der Waals surface area contributed by atoms with Crippen molar-refractivity contribution in [1.29, 1.82) is 0 Å². The molecule has 0 aromatic carbocycles. The smallest absolute Gasteiger partial charge is 0.336 e. The number of methoxy groups -OCH3 is 1. The van der Waals surface area contributed by atoms with Crippen molar-refractivity contribution in [3.8, 4) is 6.01 Å². The normalized spacial score (nSPS) is 10.4. The van der Waals surface area contributed by atoms with Gasteiger partial charge in [-0.1, -0.05) is 6.92 Å². The van der Waals surface area contributed by atoms with Crippen molar-refractivity contribution in [3.05, 3.63) is 17.5 Å². The van der Waals surface area contributed by atoms with Gasteiger partial charge < -0.3 is 4.74 Å². The zero-order valence-corrected chi connectivity index (χ0v) is 10.4. The van der Waals surface area contributed by atoms with Gasteiger partial charge in [-0.25, -0.2) is 5.10 Å². The number of aryl methyl sites for hydroxylation is 2. The van der Waals surface area contributed by atoms with E-state index in [9.17, 15) is 4.79 Å². The third-order valence-electron chi connectivity index (χ3n) is 2.36. The van der Waals surface area contributed by atoms with Crippen molar-refractivity contribution >= 4 is 11.9 Å². The molecule has 18 heavy (non-hydrogen) atoms. The molecule has 2 N–H and O–H groups in total. The fourth-order valence-corrected chi connectivity index (χ4v) is 1.55. The first-order valence-corrected chi connectivity index (χ1v) is 5.44. The fourth-order valence-electron chi connectivity index (χ4n) is 1.55. The van der Waals surface area contributed by atoms with Crippen LogP contribution in [0.3, 0.4) is 0 Å². The van der Waals surface area contributed by atoms with Crippen molar-refractivity contribution in [2.75, 3.05) is 12.4 Å². The molecule has 1 amide bonds. The Hall–Kier alpha value is -2.38. The van der Waals surface area contributed by atoms with E-state index >= 15 is 0 Å². The lowest BCUT2D eigenvalue weighted by atomic mass is 10.2. The fraction of sp³-hybridized carbons (Fsp3) is 0.400. The summed E-state index contributed by atoms with van der Waals surface area (Å²) in [5.41, 5.74) is 1.26. The number of hydrogen-bond acceptors (Lipinski definition) is 5. The first-order valence-electron chi connectivity index (χ1n) is 5.44. The zero-order valence-electron chi connectivity index (χ0n) is 10.4.